The van der Waals surface area contributed by atoms with Crippen molar-refractivity contribution in [1.29, 1.82) is 0 Å². The summed E-state index contributed by atoms with van der Waals surface area (Å²) in [5, 5.41) is 14.1. The van der Waals surface area contributed by atoms with E-state index in [2.05, 4.69) is 40.8 Å². The number of thiocarbonyl (C=S) groups is 2. The molecule has 0 unspecified atom stereocenters. The molecule has 0 radical (unpaired) electrons. The van der Waals surface area contributed by atoms with Crippen molar-refractivity contribution in [3.63, 3.8) is 0 Å². The summed E-state index contributed by atoms with van der Waals surface area (Å²) in [7, 11) is 0. The molecule has 62 valence electrons. The first kappa shape index (κ1) is 16.7. The molecule has 4 nitrogen and oxygen atoms in total. The Morgan fingerprint density at radius 2 is 1.10 bits per heavy atom. The molecule has 0 aliphatic carbocycles. The van der Waals surface area contributed by atoms with E-state index in [9.17, 15) is 0 Å². The van der Waals surface area contributed by atoms with Gasteiger partial charge in [0.15, 0.2) is 0 Å². The molecular weight excluding hydrogens is 282 g/mol. The molecule has 0 fully saturated rings. The van der Waals surface area contributed by atoms with Crippen LogP contribution in [0.2, 0.25) is 4.87 Å². The molecule has 0 aliphatic rings. The van der Waals surface area contributed by atoms with E-state index in [1.807, 2.05) is 0 Å². The van der Waals surface area contributed by atoms with Gasteiger partial charge in [0.05, 0.1) is 0 Å². The van der Waals surface area contributed by atoms with Gasteiger partial charge >= 0.3 is 27.9 Å². The monoisotopic (exact) mass is 292 g/mol. The summed E-state index contributed by atoms with van der Waals surface area (Å²) in [6.07, 6.45) is 0. The van der Waals surface area contributed by atoms with E-state index in [0.29, 0.717) is 0 Å². The summed E-state index contributed by atoms with van der Waals surface area (Å²) in [5.41, 5.74) is 8.80. The molecular formula is C3H11N2O2S2Sb. The van der Waals surface area contributed by atoms with Crippen LogP contribution in [-0.4, -0.2) is 43.6 Å². The van der Waals surface area contributed by atoms with Crippen LogP contribution in [0.25, 0.3) is 0 Å². The first-order chi connectivity index (χ1) is 4.46. The van der Waals surface area contributed by atoms with E-state index >= 15 is 0 Å². The molecule has 0 heterocycles. The molecule has 0 spiro atoms. The molecule has 0 atom stereocenters. The number of rotatable bonds is 0. The van der Waals surface area contributed by atoms with Gasteiger partial charge in [-0.05, 0) is 24.4 Å². The Kier molecular flexibility index (Phi) is 26.8. The molecule has 0 aromatic carbocycles. The minimum absolute atomic E-state index is 0.500. The van der Waals surface area contributed by atoms with E-state index in [4.69, 9.17) is 10.2 Å². The standard InChI is InChI=1S/2CH3NOS.CH3.Sb.2H/c2*2-1(3)4;;;;/h2*(H3,2,3,4);1H3;;;. The Balaban J connectivity index is -0.0000000787. The van der Waals surface area contributed by atoms with Crippen molar-refractivity contribution in [3.05, 3.63) is 0 Å². The van der Waals surface area contributed by atoms with Gasteiger partial charge in [0.1, 0.15) is 0 Å². The van der Waals surface area contributed by atoms with Gasteiger partial charge in [-0.3, -0.25) is 0 Å². The van der Waals surface area contributed by atoms with Gasteiger partial charge in [0.2, 0.25) is 0 Å². The van der Waals surface area contributed by atoms with E-state index in [1.54, 1.807) is 0 Å². The summed E-state index contributed by atoms with van der Waals surface area (Å²) in [4.78, 5) is 2.13. The van der Waals surface area contributed by atoms with Crippen LogP contribution < -0.4 is 11.5 Å². The van der Waals surface area contributed by atoms with Gasteiger partial charge in [-0.25, -0.2) is 0 Å². The Labute approximate surface area is 84.1 Å². The first-order valence-corrected chi connectivity index (χ1v) is 6.12. The summed E-state index contributed by atoms with van der Waals surface area (Å²) >= 11 is 9.09. The molecule has 0 aliphatic heterocycles. The van der Waals surface area contributed by atoms with Crippen LogP contribution in [0, 0.1) is 0 Å². The average molecular weight is 293 g/mol. The summed E-state index contributed by atoms with van der Waals surface area (Å²) in [6, 6.07) is 0. The number of hydrogen-bond donors (Lipinski definition) is 4. The minimum atomic E-state index is -0.500. The second-order valence-corrected chi connectivity index (χ2v) is 1.51. The zero-order valence-corrected chi connectivity index (χ0v) is 10.4. The van der Waals surface area contributed by atoms with Gasteiger partial charge in [0, 0.05) is 0 Å². The third kappa shape index (κ3) is 10800. The van der Waals surface area contributed by atoms with Gasteiger partial charge < -0.3 is 21.7 Å². The molecule has 0 bridgehead atoms. The van der Waals surface area contributed by atoms with Crippen molar-refractivity contribution in [2.75, 3.05) is 0 Å². The van der Waals surface area contributed by atoms with Crippen molar-refractivity contribution in [2.24, 2.45) is 11.5 Å². The van der Waals surface area contributed by atoms with Gasteiger partial charge in [-0.15, -0.1) is 0 Å². The second-order valence-electron chi connectivity index (χ2n) is 0.676. The number of aliphatic hydroxyl groups excluding tert-OH is 2. The van der Waals surface area contributed by atoms with Gasteiger partial charge in [-0.1, -0.05) is 0 Å². The van der Waals surface area contributed by atoms with Crippen molar-refractivity contribution < 1.29 is 10.2 Å². The van der Waals surface area contributed by atoms with E-state index in [1.165, 1.54) is 23.0 Å². The van der Waals surface area contributed by atoms with Crippen LogP contribution >= 0.6 is 24.4 Å². The number of aliphatic hydroxyl groups is 2. The van der Waals surface area contributed by atoms with Gasteiger partial charge in [0.25, 0.3) is 10.3 Å². The topological polar surface area (TPSA) is 92.5 Å². The number of hydrogen-bond acceptors (Lipinski definition) is 2. The fourth-order valence-corrected chi connectivity index (χ4v) is 0. The van der Waals surface area contributed by atoms with Crippen molar-refractivity contribution in [1.82, 2.24) is 0 Å². The zero-order valence-electron chi connectivity index (χ0n) is 5.44. The Hall–Kier alpha value is 0.198. The maximum absolute atomic E-state index is 7.56. The second kappa shape index (κ2) is 16.1. The van der Waals surface area contributed by atoms with Crippen molar-refractivity contribution in [3.8, 4) is 0 Å². The fraction of sp³-hybridized carbons (Fsp3) is 0.333. The molecule has 10 heavy (non-hydrogen) atoms. The van der Waals surface area contributed by atoms with Crippen molar-refractivity contribution >= 4 is 57.8 Å². The normalized spacial score (nSPS) is 5.40. The number of nitrogens with two attached hydrogens (primary N) is 2. The van der Waals surface area contributed by atoms with Crippen LogP contribution in [0.3, 0.4) is 0 Å². The van der Waals surface area contributed by atoms with Crippen LogP contribution in [0.4, 0.5) is 0 Å². The third-order valence-electron chi connectivity index (χ3n) is 0. The molecule has 0 saturated carbocycles. The molecule has 0 aromatic heterocycles. The van der Waals surface area contributed by atoms with Crippen LogP contribution in [0.15, 0.2) is 0 Å². The predicted octanol–water partition coefficient (Wildman–Crippen LogP) is -0.756. The van der Waals surface area contributed by atoms with Crippen LogP contribution in [0.5, 0.6) is 0 Å². The van der Waals surface area contributed by atoms with E-state index in [-0.39, 0.29) is 0 Å². The van der Waals surface area contributed by atoms with Crippen molar-refractivity contribution in [2.45, 2.75) is 4.87 Å². The summed E-state index contributed by atoms with van der Waals surface area (Å²) in [5.74, 6) is 0. The SMILES string of the molecule is NC(O)=S.NC(O)=S.[CH3][SbH2]. The van der Waals surface area contributed by atoms with Gasteiger partial charge in [-0.2, -0.15) is 0 Å². The molecule has 7 heteroatoms. The molecule has 0 saturated heterocycles. The average Bonchev–Trinajstić information content (AvgIpc) is 1.66. The summed E-state index contributed by atoms with van der Waals surface area (Å²) < 4.78 is 0. The van der Waals surface area contributed by atoms with Crippen LogP contribution in [-0.2, 0) is 0 Å². The third-order valence-corrected chi connectivity index (χ3v) is 0. The Bertz CT molecular complexity index is 80.5. The molecule has 0 aromatic rings. The van der Waals surface area contributed by atoms with E-state index < -0.39 is 10.3 Å². The maximum atomic E-state index is 7.56. The predicted molar refractivity (Wildman–Crippen MR) is 53.2 cm³/mol. The molecule has 6 N–H and O–H groups in total. The zero-order chi connectivity index (χ0) is 9.15. The van der Waals surface area contributed by atoms with E-state index in [0.717, 1.165) is 0 Å². The quantitative estimate of drug-likeness (QED) is 0.347. The molecule has 0 rings (SSSR count). The summed E-state index contributed by atoms with van der Waals surface area (Å²) in [6.45, 7) is 0. The Morgan fingerprint density at radius 1 is 1.10 bits per heavy atom. The fourth-order valence-electron chi connectivity index (χ4n) is 0. The molecule has 0 amide bonds. The Morgan fingerprint density at radius 3 is 1.10 bits per heavy atom. The van der Waals surface area contributed by atoms with Crippen LogP contribution in [0.1, 0.15) is 0 Å². The first-order valence-electron chi connectivity index (χ1n) is 2.01.